The average Bonchev–Trinajstić information content (AvgIpc) is 2.77. The first kappa shape index (κ1) is 16.9. The molecule has 0 radical (unpaired) electrons. The van der Waals surface area contributed by atoms with Crippen molar-refractivity contribution in [3.05, 3.63) is 23.3 Å². The summed E-state index contributed by atoms with van der Waals surface area (Å²) in [5, 5.41) is 6.75. The van der Waals surface area contributed by atoms with Crippen LogP contribution >= 0.6 is 0 Å². The predicted molar refractivity (Wildman–Crippen MR) is 82.8 cm³/mol. The molecule has 0 aliphatic heterocycles. The van der Waals surface area contributed by atoms with Crippen molar-refractivity contribution in [2.75, 3.05) is 6.54 Å². The number of hydrogen-bond donors (Lipinski definition) is 1. The van der Waals surface area contributed by atoms with Crippen molar-refractivity contribution < 1.29 is 14.3 Å². The third-order valence-corrected chi connectivity index (χ3v) is 2.83. The number of nitrogens with one attached hydrogen (secondary N) is 1. The maximum Gasteiger partial charge on any atom is 0.325 e. The van der Waals surface area contributed by atoms with Gasteiger partial charge in [-0.15, -0.1) is 5.10 Å². The molecule has 2 heterocycles. The summed E-state index contributed by atoms with van der Waals surface area (Å²) in [6.07, 6.45) is -0.0232. The lowest BCUT2D eigenvalue weighted by Crippen LogP contribution is -2.35. The minimum Gasteiger partial charge on any atom is -0.459 e. The second-order valence-electron chi connectivity index (χ2n) is 6.32. The number of hydrogen-bond acceptors (Lipinski definition) is 6. The van der Waals surface area contributed by atoms with E-state index in [9.17, 15) is 9.59 Å². The first-order valence-electron chi connectivity index (χ1n) is 7.32. The maximum atomic E-state index is 11.9. The van der Waals surface area contributed by atoms with Gasteiger partial charge in [-0.05, 0) is 40.7 Å². The molecule has 8 heteroatoms. The zero-order chi connectivity index (χ0) is 17.2. The molecule has 0 unspecified atom stereocenters. The van der Waals surface area contributed by atoms with E-state index < -0.39 is 11.6 Å². The molecule has 124 valence electrons. The monoisotopic (exact) mass is 319 g/mol. The molecule has 1 N–H and O–H groups in total. The van der Waals surface area contributed by atoms with Crippen LogP contribution in [0.5, 0.6) is 0 Å². The number of carbonyl (C=O) groups is 2. The van der Waals surface area contributed by atoms with Crippen LogP contribution in [0.2, 0.25) is 0 Å². The second kappa shape index (κ2) is 6.31. The van der Waals surface area contributed by atoms with Crippen molar-refractivity contribution in [2.45, 2.75) is 46.6 Å². The fourth-order valence-electron chi connectivity index (χ4n) is 2.04. The van der Waals surface area contributed by atoms with Crippen molar-refractivity contribution in [3.63, 3.8) is 0 Å². The fourth-order valence-corrected chi connectivity index (χ4v) is 2.04. The van der Waals surface area contributed by atoms with Crippen molar-refractivity contribution >= 4 is 17.7 Å². The molecule has 2 rings (SSSR count). The third kappa shape index (κ3) is 4.73. The number of ether oxygens (including phenoxy) is 1. The first-order valence-corrected chi connectivity index (χ1v) is 7.32. The molecular weight excluding hydrogens is 298 g/mol. The molecule has 0 fully saturated rings. The number of amides is 1. The summed E-state index contributed by atoms with van der Waals surface area (Å²) in [4.78, 5) is 31.9. The van der Waals surface area contributed by atoms with Gasteiger partial charge in [-0.25, -0.2) is 9.50 Å². The van der Waals surface area contributed by atoms with E-state index in [4.69, 9.17) is 4.74 Å². The Bertz CT molecular complexity index is 745. The zero-order valence-corrected chi connectivity index (χ0v) is 14.0. The predicted octanol–water partition coefficient (Wildman–Crippen LogP) is 0.742. The van der Waals surface area contributed by atoms with E-state index in [-0.39, 0.29) is 18.9 Å². The van der Waals surface area contributed by atoms with E-state index in [1.165, 1.54) is 0 Å². The van der Waals surface area contributed by atoms with Gasteiger partial charge in [0.2, 0.25) is 5.91 Å². The zero-order valence-electron chi connectivity index (χ0n) is 14.0. The highest BCUT2D eigenvalue weighted by Crippen LogP contribution is 2.07. The van der Waals surface area contributed by atoms with Gasteiger partial charge in [-0.3, -0.25) is 9.59 Å². The summed E-state index contributed by atoms with van der Waals surface area (Å²) < 4.78 is 6.70. The Morgan fingerprint density at radius 1 is 1.26 bits per heavy atom. The molecule has 1 amide bonds. The summed E-state index contributed by atoms with van der Waals surface area (Å²) in [6.45, 7) is 8.89. The lowest BCUT2D eigenvalue weighted by Gasteiger charge is -2.19. The molecule has 2 aromatic rings. The van der Waals surface area contributed by atoms with E-state index in [2.05, 4.69) is 20.4 Å². The number of aromatic nitrogens is 4. The van der Waals surface area contributed by atoms with E-state index in [1.807, 2.05) is 19.9 Å². The largest absolute Gasteiger partial charge is 0.459 e. The van der Waals surface area contributed by atoms with E-state index in [0.29, 0.717) is 11.6 Å². The van der Waals surface area contributed by atoms with Crippen molar-refractivity contribution in [1.29, 1.82) is 0 Å². The summed E-state index contributed by atoms with van der Waals surface area (Å²) in [5.74, 6) is -0.0200. The van der Waals surface area contributed by atoms with Crippen LogP contribution in [-0.4, -0.2) is 43.6 Å². The number of nitrogens with zero attached hydrogens (tertiary/aromatic N) is 4. The topological polar surface area (TPSA) is 98.5 Å². The number of aryl methyl sites for hydroxylation is 2. The van der Waals surface area contributed by atoms with Crippen molar-refractivity contribution in [3.8, 4) is 0 Å². The molecular formula is C15H21N5O3. The van der Waals surface area contributed by atoms with Crippen LogP contribution in [0.3, 0.4) is 0 Å². The molecule has 0 bridgehead atoms. The lowest BCUT2D eigenvalue weighted by molar-refractivity contribution is -0.154. The van der Waals surface area contributed by atoms with Crippen molar-refractivity contribution in [2.24, 2.45) is 0 Å². The highest BCUT2D eigenvalue weighted by Gasteiger charge is 2.17. The Morgan fingerprint density at radius 2 is 1.96 bits per heavy atom. The lowest BCUT2D eigenvalue weighted by atomic mass is 10.2. The van der Waals surface area contributed by atoms with Crippen LogP contribution in [0.15, 0.2) is 6.07 Å². The molecule has 23 heavy (non-hydrogen) atoms. The molecule has 0 aromatic carbocycles. The summed E-state index contributed by atoms with van der Waals surface area (Å²) in [7, 11) is 0. The van der Waals surface area contributed by atoms with E-state index in [1.54, 1.807) is 25.3 Å². The van der Waals surface area contributed by atoms with Gasteiger partial charge in [-0.1, -0.05) is 0 Å². The number of rotatable bonds is 4. The SMILES string of the molecule is Cc1cc(C)n2nc(CC(=O)NCC(=O)OC(C)(C)C)nc2n1. The van der Waals surface area contributed by atoms with Gasteiger partial charge in [0.05, 0.1) is 6.42 Å². The normalized spacial score (nSPS) is 11.5. The molecule has 0 aliphatic rings. The Kier molecular flexibility index (Phi) is 4.63. The highest BCUT2D eigenvalue weighted by atomic mass is 16.6. The minimum absolute atomic E-state index is 0.0232. The smallest absolute Gasteiger partial charge is 0.325 e. The molecule has 0 atom stereocenters. The Hall–Kier alpha value is -2.51. The average molecular weight is 319 g/mol. The number of fused-ring (bicyclic) bond motifs is 1. The number of carbonyl (C=O) groups excluding carboxylic acids is 2. The highest BCUT2D eigenvalue weighted by molar-refractivity contribution is 5.83. The second-order valence-corrected chi connectivity index (χ2v) is 6.32. The van der Waals surface area contributed by atoms with Gasteiger partial charge < -0.3 is 10.1 Å². The standard InChI is InChI=1S/C15H21N5O3/c1-9-6-10(2)20-14(17-9)18-11(19-20)7-12(21)16-8-13(22)23-15(3,4)5/h6H,7-8H2,1-5H3,(H,16,21). The minimum atomic E-state index is -0.577. The van der Waals surface area contributed by atoms with Gasteiger partial charge >= 0.3 is 5.97 Å². The van der Waals surface area contributed by atoms with Crippen molar-refractivity contribution in [1.82, 2.24) is 24.9 Å². The van der Waals surface area contributed by atoms with Gasteiger partial charge in [0.25, 0.3) is 5.78 Å². The molecule has 0 saturated carbocycles. The first-order chi connectivity index (χ1) is 10.6. The number of esters is 1. The molecule has 0 aliphatic carbocycles. The summed E-state index contributed by atoms with van der Waals surface area (Å²) in [5.41, 5.74) is 1.15. The maximum absolute atomic E-state index is 11.9. The van der Waals surface area contributed by atoms with Gasteiger partial charge in [0, 0.05) is 11.4 Å². The molecule has 0 saturated heterocycles. The Morgan fingerprint density at radius 3 is 2.61 bits per heavy atom. The Balaban J connectivity index is 1.96. The van der Waals surface area contributed by atoms with E-state index >= 15 is 0 Å². The summed E-state index contributed by atoms with van der Waals surface area (Å²) in [6, 6.07) is 1.88. The van der Waals surface area contributed by atoms with Crippen LogP contribution in [0, 0.1) is 13.8 Å². The van der Waals surface area contributed by atoms with Crippen LogP contribution in [0.25, 0.3) is 5.78 Å². The quantitative estimate of drug-likeness (QED) is 0.835. The molecule has 8 nitrogen and oxygen atoms in total. The van der Waals surface area contributed by atoms with Crippen LogP contribution < -0.4 is 5.32 Å². The van der Waals surface area contributed by atoms with Gasteiger partial charge in [0.1, 0.15) is 12.1 Å². The fraction of sp³-hybridized carbons (Fsp3) is 0.533. The van der Waals surface area contributed by atoms with E-state index in [0.717, 1.165) is 11.4 Å². The van der Waals surface area contributed by atoms with Gasteiger partial charge in [0.15, 0.2) is 5.82 Å². The molecule has 2 aromatic heterocycles. The van der Waals surface area contributed by atoms with Crippen LogP contribution in [0.1, 0.15) is 38.0 Å². The van der Waals surface area contributed by atoms with Crippen LogP contribution in [0.4, 0.5) is 0 Å². The third-order valence-electron chi connectivity index (χ3n) is 2.83. The Labute approximate surface area is 134 Å². The molecule has 0 spiro atoms. The van der Waals surface area contributed by atoms with Crippen LogP contribution in [-0.2, 0) is 20.7 Å². The van der Waals surface area contributed by atoms with Gasteiger partial charge in [-0.2, -0.15) is 4.98 Å². The summed E-state index contributed by atoms with van der Waals surface area (Å²) >= 11 is 0.